The number of hydrogen-bond donors (Lipinski definition) is 1. The first-order chi connectivity index (χ1) is 15.9. The Morgan fingerprint density at radius 2 is 1.82 bits per heavy atom. The van der Waals surface area contributed by atoms with E-state index in [-0.39, 0.29) is 18.6 Å². The maximum absolute atomic E-state index is 11.8. The molecule has 1 atom stereocenters. The Balaban J connectivity index is 1.57. The number of ether oxygens (including phenoxy) is 1. The molecule has 0 spiro atoms. The molecule has 5 nitrogen and oxygen atoms in total. The van der Waals surface area contributed by atoms with Crippen LogP contribution < -0.4 is 10.8 Å². The number of nitrogens with one attached hydrogen (secondary N) is 1. The number of fused-ring (bicyclic) bond motifs is 3. The van der Waals surface area contributed by atoms with Crippen LogP contribution in [0.1, 0.15) is 86.5 Å². The quantitative estimate of drug-likeness (QED) is 0.516. The highest BCUT2D eigenvalue weighted by molar-refractivity contribution is 7.12. The number of thiophene rings is 1. The Kier molecular flexibility index (Phi) is 5.79. The predicted octanol–water partition coefficient (Wildman–Crippen LogP) is 4.47. The zero-order valence-electron chi connectivity index (χ0n) is 21.5. The minimum absolute atomic E-state index is 0.0791. The molecule has 0 amide bonds. The second-order valence-corrected chi connectivity index (χ2v) is 12.9. The van der Waals surface area contributed by atoms with Gasteiger partial charge in [-0.05, 0) is 80.1 Å². The molecule has 1 aromatic heterocycles. The number of rotatable bonds is 4. The normalized spacial score (nSPS) is 24.1. The molecule has 3 aliphatic rings. The molecule has 1 saturated heterocycles. The first kappa shape index (κ1) is 24.0. The van der Waals surface area contributed by atoms with Gasteiger partial charge in [-0.1, -0.05) is 32.0 Å². The van der Waals surface area contributed by atoms with Gasteiger partial charge in [-0.2, -0.15) is 0 Å². The standard InChI is InChI=1S/C27H36BNO4S/c1-16(30)31-15-20-17(9-8-10-21(20)28-32-26(4,5)27(6,7)33-28)23-24-18(11-12-29-23)19-13-25(2,3)14-22(19)34-24/h8-10,23,29H,11-15H2,1-7H3. The Labute approximate surface area is 207 Å². The number of hydrogen-bond acceptors (Lipinski definition) is 6. The van der Waals surface area contributed by atoms with E-state index in [2.05, 4.69) is 59.0 Å². The molecule has 2 aromatic rings. The maximum Gasteiger partial charge on any atom is 0.495 e. The molecule has 1 unspecified atom stereocenters. The predicted molar refractivity (Wildman–Crippen MR) is 137 cm³/mol. The maximum atomic E-state index is 11.8. The van der Waals surface area contributed by atoms with Gasteiger partial charge >= 0.3 is 13.1 Å². The SMILES string of the molecule is CC(=O)OCc1c(B2OC(C)(C)C(C)(C)O2)cccc1C1NCCc2c1sc1c2CC(C)(C)C1. The van der Waals surface area contributed by atoms with E-state index in [0.717, 1.165) is 42.4 Å². The molecule has 3 heterocycles. The van der Waals surface area contributed by atoms with E-state index >= 15 is 0 Å². The third-order valence-corrected chi connectivity index (χ3v) is 9.34. The van der Waals surface area contributed by atoms with Crippen LogP contribution >= 0.6 is 11.3 Å². The first-order valence-electron chi connectivity index (χ1n) is 12.4. The largest absolute Gasteiger partial charge is 0.495 e. The zero-order valence-corrected chi connectivity index (χ0v) is 22.3. The van der Waals surface area contributed by atoms with E-state index < -0.39 is 18.3 Å². The summed E-state index contributed by atoms with van der Waals surface area (Å²) in [7, 11) is -0.507. The smallest absolute Gasteiger partial charge is 0.461 e. The van der Waals surface area contributed by atoms with Gasteiger partial charge < -0.3 is 19.4 Å². The van der Waals surface area contributed by atoms with E-state index in [1.54, 1.807) is 10.4 Å². The topological polar surface area (TPSA) is 56.8 Å². The van der Waals surface area contributed by atoms with Crippen molar-refractivity contribution < 1.29 is 18.8 Å². The second-order valence-electron chi connectivity index (χ2n) is 11.8. The van der Waals surface area contributed by atoms with Crippen molar-refractivity contribution in [3.8, 4) is 0 Å². The fourth-order valence-corrected chi connectivity index (χ4v) is 7.24. The molecule has 2 aliphatic heterocycles. The van der Waals surface area contributed by atoms with E-state index in [4.69, 9.17) is 14.0 Å². The second kappa shape index (κ2) is 8.19. The van der Waals surface area contributed by atoms with Crippen molar-refractivity contribution in [3.63, 3.8) is 0 Å². The Hall–Kier alpha value is -1.67. The van der Waals surface area contributed by atoms with Crippen LogP contribution in [0.2, 0.25) is 0 Å². The summed E-state index contributed by atoms with van der Waals surface area (Å²) in [6.45, 7) is 15.6. The molecule has 1 aliphatic carbocycles. The van der Waals surface area contributed by atoms with Crippen molar-refractivity contribution in [1.82, 2.24) is 5.32 Å². The van der Waals surface area contributed by atoms with Crippen LogP contribution in [0.15, 0.2) is 18.2 Å². The summed E-state index contributed by atoms with van der Waals surface area (Å²) in [5.74, 6) is -0.288. The van der Waals surface area contributed by atoms with Crippen LogP contribution in [0.25, 0.3) is 0 Å². The molecular formula is C27H36BNO4S. The van der Waals surface area contributed by atoms with Crippen LogP contribution in [0.3, 0.4) is 0 Å². The molecule has 5 rings (SSSR count). The Morgan fingerprint density at radius 3 is 2.50 bits per heavy atom. The van der Waals surface area contributed by atoms with Gasteiger partial charge in [0.25, 0.3) is 0 Å². The number of esters is 1. The summed E-state index contributed by atoms with van der Waals surface area (Å²) in [5, 5.41) is 3.77. The van der Waals surface area contributed by atoms with Gasteiger partial charge in [0.2, 0.25) is 0 Å². The molecular weight excluding hydrogens is 445 g/mol. The molecule has 0 saturated carbocycles. The average Bonchev–Trinajstić information content (AvgIpc) is 3.29. The monoisotopic (exact) mass is 481 g/mol. The minimum Gasteiger partial charge on any atom is -0.461 e. The summed E-state index contributed by atoms with van der Waals surface area (Å²) >= 11 is 1.97. The van der Waals surface area contributed by atoms with Crippen LogP contribution in [-0.4, -0.2) is 30.8 Å². The summed E-state index contributed by atoms with van der Waals surface area (Å²) < 4.78 is 18.4. The average molecular weight is 481 g/mol. The Bertz CT molecular complexity index is 1120. The van der Waals surface area contributed by atoms with E-state index in [1.165, 1.54) is 17.4 Å². The van der Waals surface area contributed by atoms with E-state index in [9.17, 15) is 4.79 Å². The fraction of sp³-hybridized carbons (Fsp3) is 0.593. The highest BCUT2D eigenvalue weighted by Crippen LogP contribution is 2.48. The molecule has 182 valence electrons. The minimum atomic E-state index is -0.507. The van der Waals surface area contributed by atoms with Crippen LogP contribution in [0.5, 0.6) is 0 Å². The van der Waals surface area contributed by atoms with Crippen molar-refractivity contribution in [2.75, 3.05) is 6.54 Å². The lowest BCUT2D eigenvalue weighted by Crippen LogP contribution is -2.41. The number of carbonyl (C=O) groups is 1. The molecule has 1 aromatic carbocycles. The summed E-state index contributed by atoms with van der Waals surface area (Å²) in [4.78, 5) is 14.8. The van der Waals surface area contributed by atoms with Gasteiger partial charge in [-0.3, -0.25) is 4.79 Å². The highest BCUT2D eigenvalue weighted by Gasteiger charge is 2.52. The van der Waals surface area contributed by atoms with Gasteiger partial charge in [-0.25, -0.2) is 0 Å². The van der Waals surface area contributed by atoms with Crippen molar-refractivity contribution in [1.29, 1.82) is 0 Å². The van der Waals surface area contributed by atoms with Gasteiger partial charge in [0.1, 0.15) is 6.61 Å². The van der Waals surface area contributed by atoms with Gasteiger partial charge in [-0.15, -0.1) is 11.3 Å². The lowest BCUT2D eigenvalue weighted by atomic mass is 9.73. The molecule has 1 N–H and O–H groups in total. The van der Waals surface area contributed by atoms with Gasteiger partial charge in [0.15, 0.2) is 0 Å². The van der Waals surface area contributed by atoms with Crippen molar-refractivity contribution in [2.24, 2.45) is 5.41 Å². The number of carbonyl (C=O) groups excluding carboxylic acids is 1. The van der Waals surface area contributed by atoms with E-state index in [0.29, 0.717) is 5.41 Å². The van der Waals surface area contributed by atoms with Crippen molar-refractivity contribution in [3.05, 3.63) is 50.2 Å². The summed E-state index contributed by atoms with van der Waals surface area (Å²) in [6, 6.07) is 6.36. The highest BCUT2D eigenvalue weighted by atomic mass is 32.1. The van der Waals surface area contributed by atoms with Crippen molar-refractivity contribution in [2.45, 2.75) is 91.6 Å². The first-order valence-corrected chi connectivity index (χ1v) is 13.2. The molecule has 34 heavy (non-hydrogen) atoms. The lowest BCUT2D eigenvalue weighted by Gasteiger charge is -2.32. The zero-order chi connectivity index (χ0) is 24.5. The van der Waals surface area contributed by atoms with Crippen molar-refractivity contribution >= 4 is 29.9 Å². The molecule has 0 bridgehead atoms. The van der Waals surface area contributed by atoms with Crippen LogP contribution in [0.4, 0.5) is 0 Å². The molecule has 0 radical (unpaired) electrons. The third-order valence-electron chi connectivity index (χ3n) is 8.00. The van der Waals surface area contributed by atoms with Crippen LogP contribution in [-0.2, 0) is 44.7 Å². The summed E-state index contributed by atoms with van der Waals surface area (Å²) in [6.07, 6.45) is 3.39. The van der Waals surface area contributed by atoms with Gasteiger partial charge in [0, 0.05) is 23.2 Å². The molecule has 1 fully saturated rings. The lowest BCUT2D eigenvalue weighted by molar-refractivity contribution is -0.142. The molecule has 7 heteroatoms. The third kappa shape index (κ3) is 4.04. The summed E-state index contributed by atoms with van der Waals surface area (Å²) in [5.41, 5.74) is 5.66. The van der Waals surface area contributed by atoms with Crippen LogP contribution in [0, 0.1) is 5.41 Å². The van der Waals surface area contributed by atoms with Gasteiger partial charge in [0.05, 0.1) is 17.2 Å². The van der Waals surface area contributed by atoms with E-state index in [1.807, 2.05) is 17.4 Å². The number of benzene rings is 1. The fourth-order valence-electron chi connectivity index (χ4n) is 5.51. The Morgan fingerprint density at radius 1 is 1.12 bits per heavy atom.